The molecule has 2 amide bonds. The number of benzene rings is 1. The Morgan fingerprint density at radius 2 is 1.84 bits per heavy atom. The van der Waals surface area contributed by atoms with Crippen molar-refractivity contribution in [2.24, 2.45) is 11.8 Å². The second-order valence-corrected chi connectivity index (χ2v) is 6.45. The van der Waals surface area contributed by atoms with Crippen LogP contribution in [0, 0.1) is 11.8 Å². The first kappa shape index (κ1) is 17.4. The maximum absolute atomic E-state index is 12.7. The Bertz CT molecular complexity index is 717. The molecule has 134 valence electrons. The van der Waals surface area contributed by atoms with Gasteiger partial charge < -0.3 is 9.47 Å². The number of hydrogen-bond donors (Lipinski definition) is 1. The molecule has 1 N–H and O–H groups in total. The first-order valence-corrected chi connectivity index (χ1v) is 8.22. The van der Waals surface area contributed by atoms with Gasteiger partial charge in [0.2, 0.25) is 11.8 Å². The topological polar surface area (TPSA) is 84.9 Å². The molecule has 0 bridgehead atoms. The molecule has 2 aliphatic rings. The zero-order valence-corrected chi connectivity index (χ0v) is 14.7. The number of carbonyl (C=O) groups excluding carboxylic acids is 3. The van der Waals surface area contributed by atoms with Gasteiger partial charge in [0, 0.05) is 13.1 Å². The SMILES string of the molecule is CC[C@]1(C(=O)OC)N[C@H](c2ccc(OC)cc2)[C@@H]2C(=O)N(C)C(=O)[C@@H]21. The Labute approximate surface area is 146 Å². The van der Waals surface area contributed by atoms with E-state index in [9.17, 15) is 14.4 Å². The molecule has 2 aliphatic heterocycles. The van der Waals surface area contributed by atoms with Crippen LogP contribution in [0.1, 0.15) is 24.9 Å². The van der Waals surface area contributed by atoms with Crippen LogP contribution in [0.5, 0.6) is 5.75 Å². The van der Waals surface area contributed by atoms with Gasteiger partial charge in [-0.3, -0.25) is 24.6 Å². The number of likely N-dealkylation sites (tertiary alicyclic amines) is 1. The molecule has 0 unspecified atom stereocenters. The third-order valence-corrected chi connectivity index (χ3v) is 5.46. The summed E-state index contributed by atoms with van der Waals surface area (Å²) in [6.07, 6.45) is 0.348. The molecular formula is C18H22N2O5. The van der Waals surface area contributed by atoms with E-state index in [-0.39, 0.29) is 11.8 Å². The quantitative estimate of drug-likeness (QED) is 0.644. The van der Waals surface area contributed by atoms with E-state index in [4.69, 9.17) is 9.47 Å². The van der Waals surface area contributed by atoms with E-state index in [2.05, 4.69) is 5.32 Å². The highest BCUT2D eigenvalue weighted by Crippen LogP contribution is 2.50. The second kappa shape index (κ2) is 6.15. The van der Waals surface area contributed by atoms with Crippen molar-refractivity contribution in [3.05, 3.63) is 29.8 Å². The molecule has 25 heavy (non-hydrogen) atoms. The lowest BCUT2D eigenvalue weighted by Crippen LogP contribution is -2.55. The Morgan fingerprint density at radius 3 is 2.36 bits per heavy atom. The number of fused-ring (bicyclic) bond motifs is 1. The van der Waals surface area contributed by atoms with Crippen LogP contribution in [0.3, 0.4) is 0 Å². The van der Waals surface area contributed by atoms with Crippen molar-refractivity contribution in [1.82, 2.24) is 10.2 Å². The molecular weight excluding hydrogens is 324 g/mol. The summed E-state index contributed by atoms with van der Waals surface area (Å²) in [6, 6.07) is 6.82. The molecule has 1 aromatic carbocycles. The molecule has 3 rings (SSSR count). The van der Waals surface area contributed by atoms with Gasteiger partial charge >= 0.3 is 5.97 Å². The first-order valence-electron chi connectivity index (χ1n) is 8.22. The van der Waals surface area contributed by atoms with Crippen molar-refractivity contribution < 1.29 is 23.9 Å². The van der Waals surface area contributed by atoms with Gasteiger partial charge in [0.05, 0.1) is 26.1 Å². The molecule has 7 nitrogen and oxygen atoms in total. The van der Waals surface area contributed by atoms with Crippen LogP contribution in [0.4, 0.5) is 0 Å². The van der Waals surface area contributed by atoms with Crippen LogP contribution in [-0.2, 0) is 19.1 Å². The molecule has 4 atom stereocenters. The standard InChI is InChI=1S/C18H22N2O5/c1-5-18(17(23)25-4)13-12(15(21)20(2)16(13)22)14(19-18)10-6-8-11(24-3)9-7-10/h6-9,12-14,19H,5H2,1-4H3/t12-,13-,14-,18+/m1/s1. The second-order valence-electron chi connectivity index (χ2n) is 6.45. The average Bonchev–Trinajstić information content (AvgIpc) is 3.11. The normalized spacial score (nSPS) is 31.2. The number of esters is 1. The number of nitrogens with one attached hydrogen (secondary N) is 1. The zero-order chi connectivity index (χ0) is 18.4. The van der Waals surface area contributed by atoms with E-state index in [1.54, 1.807) is 19.2 Å². The molecule has 2 fully saturated rings. The average molecular weight is 346 g/mol. The zero-order valence-electron chi connectivity index (χ0n) is 14.7. The van der Waals surface area contributed by atoms with Gasteiger partial charge in [-0.05, 0) is 24.1 Å². The van der Waals surface area contributed by atoms with Gasteiger partial charge in [0.15, 0.2) is 0 Å². The van der Waals surface area contributed by atoms with Crippen LogP contribution in [0.25, 0.3) is 0 Å². The molecule has 1 aromatic rings. The van der Waals surface area contributed by atoms with Gasteiger partial charge in [-0.1, -0.05) is 19.1 Å². The molecule has 0 radical (unpaired) electrons. The molecule has 0 saturated carbocycles. The number of rotatable bonds is 4. The highest BCUT2D eigenvalue weighted by Gasteiger charge is 2.67. The Kier molecular flexibility index (Phi) is 4.28. The fourth-order valence-electron chi connectivity index (χ4n) is 4.08. The summed E-state index contributed by atoms with van der Waals surface area (Å²) < 4.78 is 10.1. The van der Waals surface area contributed by atoms with Gasteiger partial charge in [0.1, 0.15) is 11.3 Å². The van der Waals surface area contributed by atoms with E-state index < -0.39 is 29.4 Å². The third kappa shape index (κ3) is 2.33. The largest absolute Gasteiger partial charge is 0.497 e. The minimum Gasteiger partial charge on any atom is -0.497 e. The Hall–Kier alpha value is -2.41. The predicted octanol–water partition coefficient (Wildman–Crippen LogP) is 0.892. The van der Waals surface area contributed by atoms with Crippen LogP contribution < -0.4 is 10.1 Å². The monoisotopic (exact) mass is 346 g/mol. The van der Waals surface area contributed by atoms with E-state index in [0.717, 1.165) is 10.5 Å². The third-order valence-electron chi connectivity index (χ3n) is 5.46. The fraction of sp³-hybridized carbons (Fsp3) is 0.500. The summed E-state index contributed by atoms with van der Waals surface area (Å²) in [5.41, 5.74) is -0.381. The highest BCUT2D eigenvalue weighted by atomic mass is 16.5. The van der Waals surface area contributed by atoms with Crippen molar-refractivity contribution in [2.75, 3.05) is 21.3 Å². The molecule has 0 aromatic heterocycles. The molecule has 7 heteroatoms. The lowest BCUT2D eigenvalue weighted by molar-refractivity contribution is -0.154. The number of imide groups is 1. The fourth-order valence-corrected chi connectivity index (χ4v) is 4.08. The van der Waals surface area contributed by atoms with E-state index in [1.165, 1.54) is 14.2 Å². The number of amides is 2. The number of methoxy groups -OCH3 is 2. The van der Waals surface area contributed by atoms with Crippen molar-refractivity contribution in [2.45, 2.75) is 24.9 Å². The van der Waals surface area contributed by atoms with Crippen molar-refractivity contribution in [3.63, 3.8) is 0 Å². The summed E-state index contributed by atoms with van der Waals surface area (Å²) in [5.74, 6) is -1.84. The summed E-state index contributed by atoms with van der Waals surface area (Å²) in [6.45, 7) is 1.81. The minimum atomic E-state index is -1.21. The summed E-state index contributed by atoms with van der Waals surface area (Å²) >= 11 is 0. The maximum Gasteiger partial charge on any atom is 0.326 e. The smallest absolute Gasteiger partial charge is 0.326 e. The van der Waals surface area contributed by atoms with Gasteiger partial charge in [-0.25, -0.2) is 0 Å². The molecule has 0 spiro atoms. The summed E-state index contributed by atoms with van der Waals surface area (Å²) in [5, 5.41) is 3.26. The highest BCUT2D eigenvalue weighted by molar-refractivity contribution is 6.09. The van der Waals surface area contributed by atoms with Crippen LogP contribution in [0.15, 0.2) is 24.3 Å². The minimum absolute atomic E-state index is 0.275. The van der Waals surface area contributed by atoms with Gasteiger partial charge in [0.25, 0.3) is 0 Å². The van der Waals surface area contributed by atoms with E-state index >= 15 is 0 Å². The summed E-state index contributed by atoms with van der Waals surface area (Å²) in [4.78, 5) is 39.1. The Morgan fingerprint density at radius 1 is 1.20 bits per heavy atom. The predicted molar refractivity (Wildman–Crippen MR) is 88.7 cm³/mol. The van der Waals surface area contributed by atoms with Gasteiger partial charge in [-0.2, -0.15) is 0 Å². The van der Waals surface area contributed by atoms with Gasteiger partial charge in [-0.15, -0.1) is 0 Å². The molecule has 2 heterocycles. The molecule has 2 saturated heterocycles. The van der Waals surface area contributed by atoms with Crippen molar-refractivity contribution in [3.8, 4) is 5.75 Å². The maximum atomic E-state index is 12.7. The number of nitrogens with zero attached hydrogens (tertiary/aromatic N) is 1. The number of ether oxygens (including phenoxy) is 2. The van der Waals surface area contributed by atoms with Crippen LogP contribution in [-0.4, -0.2) is 49.5 Å². The lowest BCUT2D eigenvalue weighted by Gasteiger charge is -2.30. The van der Waals surface area contributed by atoms with E-state index in [1.807, 2.05) is 19.1 Å². The van der Waals surface area contributed by atoms with Crippen molar-refractivity contribution >= 4 is 17.8 Å². The van der Waals surface area contributed by atoms with Crippen LogP contribution in [0.2, 0.25) is 0 Å². The van der Waals surface area contributed by atoms with Crippen molar-refractivity contribution in [1.29, 1.82) is 0 Å². The van der Waals surface area contributed by atoms with E-state index in [0.29, 0.717) is 12.2 Å². The number of carbonyl (C=O) groups is 3. The lowest BCUT2D eigenvalue weighted by atomic mass is 9.78. The first-order chi connectivity index (χ1) is 11.9. The number of hydrogen-bond acceptors (Lipinski definition) is 6. The Balaban J connectivity index is 2.09. The van der Waals surface area contributed by atoms with Crippen LogP contribution >= 0.6 is 0 Å². The summed E-state index contributed by atoms with van der Waals surface area (Å²) in [7, 11) is 4.33. The molecule has 0 aliphatic carbocycles.